The summed E-state index contributed by atoms with van der Waals surface area (Å²) in [5, 5.41) is 24.6. The van der Waals surface area contributed by atoms with Gasteiger partial charge >= 0.3 is 20.7 Å². The number of hydrogen-bond acceptors (Lipinski definition) is 7. The zero-order valence-corrected chi connectivity index (χ0v) is 21.2. The van der Waals surface area contributed by atoms with Crippen LogP contribution < -0.4 is 26.2 Å². The van der Waals surface area contributed by atoms with Gasteiger partial charge in [0.1, 0.15) is 17.4 Å². The highest BCUT2D eigenvalue weighted by molar-refractivity contribution is 7.60. The topological polar surface area (TPSA) is 204 Å². The quantitative estimate of drug-likeness (QED) is 0.163. The van der Waals surface area contributed by atoms with Crippen molar-refractivity contribution in [3.63, 3.8) is 0 Å². The fourth-order valence-electron chi connectivity index (χ4n) is 4.12. The fraction of sp³-hybridized carbons (Fsp3) is 0.167. The van der Waals surface area contributed by atoms with Crippen LogP contribution in [0.1, 0.15) is 37.9 Å². The average Bonchev–Trinajstić information content (AvgIpc) is 2.88. The molecule has 6 N–H and O–H groups in total. The number of carboxylic acid groups (broad SMARTS) is 1. The molecule has 1 aliphatic heterocycles. The van der Waals surface area contributed by atoms with Gasteiger partial charge in [-0.05, 0) is 47.9 Å². The molecule has 2 amide bonds. The molecule has 2 heterocycles. The number of amides is 2. The highest BCUT2D eigenvalue weighted by atomic mass is 31.2. The second kappa shape index (κ2) is 10.9. The van der Waals surface area contributed by atoms with Gasteiger partial charge in [0.2, 0.25) is 5.91 Å². The summed E-state index contributed by atoms with van der Waals surface area (Å²) >= 11 is 0. The van der Waals surface area contributed by atoms with Gasteiger partial charge in [0.05, 0.1) is 16.8 Å². The van der Waals surface area contributed by atoms with Crippen molar-refractivity contribution in [2.24, 2.45) is 7.05 Å². The van der Waals surface area contributed by atoms with E-state index in [2.05, 4.69) is 10.6 Å². The number of aromatic nitrogens is 1. The van der Waals surface area contributed by atoms with Crippen molar-refractivity contribution in [2.45, 2.75) is 18.4 Å². The van der Waals surface area contributed by atoms with E-state index >= 15 is 0 Å². The summed E-state index contributed by atoms with van der Waals surface area (Å²) < 4.78 is 18.2. The van der Waals surface area contributed by atoms with Gasteiger partial charge in [-0.2, -0.15) is 0 Å². The van der Waals surface area contributed by atoms with Crippen LogP contribution in [0.15, 0.2) is 65.6 Å². The van der Waals surface area contributed by atoms with Gasteiger partial charge in [-0.3, -0.25) is 18.9 Å². The van der Waals surface area contributed by atoms with Gasteiger partial charge in [0.15, 0.2) is 0 Å². The number of para-hydroxylation sites is 1. The Bertz CT molecular complexity index is 1550. The van der Waals surface area contributed by atoms with E-state index in [1.54, 1.807) is 6.07 Å². The summed E-state index contributed by atoms with van der Waals surface area (Å²) in [6, 6.07) is 10.4. The molecule has 0 aliphatic carbocycles. The number of carboxylic acids is 1. The summed E-state index contributed by atoms with van der Waals surface area (Å²) in [5.41, 5.74) is -0.472. The summed E-state index contributed by atoms with van der Waals surface area (Å²) in [6.07, 6.45) is 1.45. The molecule has 3 aromatic rings. The van der Waals surface area contributed by atoms with E-state index in [1.807, 2.05) is 0 Å². The van der Waals surface area contributed by atoms with Crippen molar-refractivity contribution in [2.75, 3.05) is 0 Å². The van der Waals surface area contributed by atoms with Crippen LogP contribution in [-0.2, 0) is 22.8 Å². The molecule has 0 saturated heterocycles. The van der Waals surface area contributed by atoms with E-state index < -0.39 is 50.0 Å². The van der Waals surface area contributed by atoms with Crippen LogP contribution in [0.2, 0.25) is 0 Å². The first kappa shape index (κ1) is 27.8. The molecule has 2 atom stereocenters. The minimum atomic E-state index is -4.58. The van der Waals surface area contributed by atoms with Crippen molar-refractivity contribution >= 4 is 37.8 Å². The van der Waals surface area contributed by atoms with Gasteiger partial charge in [-0.1, -0.05) is 24.3 Å². The second-order valence-corrected chi connectivity index (χ2v) is 10.4. The lowest BCUT2D eigenvalue weighted by Crippen LogP contribution is -2.55. The van der Waals surface area contributed by atoms with Crippen LogP contribution in [0.4, 0.5) is 0 Å². The van der Waals surface area contributed by atoms with Crippen LogP contribution >= 0.6 is 7.60 Å². The predicted octanol–water partition coefficient (Wildman–Crippen LogP) is -0.503. The SMILES string of the molecule is Cn1cccc(C(=O)NC(C(=O)N[C@H]2Cc3cccc(C(=O)O)c3OB2O)c2ccc(P(=O)(O)O)cc2)c1=O. The van der Waals surface area contributed by atoms with Crippen molar-refractivity contribution in [3.05, 3.63) is 93.4 Å². The van der Waals surface area contributed by atoms with Crippen LogP contribution in [0, 0.1) is 0 Å². The zero-order valence-electron chi connectivity index (χ0n) is 20.3. The summed E-state index contributed by atoms with van der Waals surface area (Å²) in [7, 11) is -4.76. The second-order valence-electron chi connectivity index (χ2n) is 8.81. The number of fused-ring (bicyclic) bond motifs is 1. The molecule has 0 fully saturated rings. The summed E-state index contributed by atoms with van der Waals surface area (Å²) in [5.74, 6) is -4.04. The molecule has 202 valence electrons. The number of nitrogens with one attached hydrogen (secondary N) is 2. The third-order valence-electron chi connectivity index (χ3n) is 6.15. The maximum absolute atomic E-state index is 13.4. The standard InChI is InChI=1S/C24H23BN3O10P/c1-28-11-3-6-17(23(28)31)21(29)27-19(13-7-9-15(10-8-13)39(35,36)37)22(30)26-18-12-14-4-2-5-16(24(32)33)20(14)38-25(18)34/h2-11,18-19,34H,12H2,1H3,(H,26,30)(H,27,29)(H,32,33)(H2,35,36,37)/t18-,19?/m0/s1. The third-order valence-corrected chi connectivity index (χ3v) is 7.12. The van der Waals surface area contributed by atoms with E-state index in [1.165, 1.54) is 54.2 Å². The molecule has 39 heavy (non-hydrogen) atoms. The van der Waals surface area contributed by atoms with Crippen LogP contribution in [0.25, 0.3) is 0 Å². The first-order valence-electron chi connectivity index (χ1n) is 11.5. The molecule has 0 spiro atoms. The maximum atomic E-state index is 13.4. The Morgan fingerprint density at radius 3 is 2.38 bits per heavy atom. The molecule has 1 aromatic heterocycles. The molecular weight excluding hydrogens is 532 g/mol. The first-order valence-corrected chi connectivity index (χ1v) is 13.1. The van der Waals surface area contributed by atoms with Gasteiger partial charge < -0.3 is 39.8 Å². The first-order chi connectivity index (χ1) is 18.4. The lowest BCUT2D eigenvalue weighted by molar-refractivity contribution is -0.123. The minimum Gasteiger partial charge on any atom is -0.534 e. The van der Waals surface area contributed by atoms with E-state index in [0.29, 0.717) is 5.56 Å². The minimum absolute atomic E-state index is 0.000396. The number of carbonyl (C=O) groups is 3. The van der Waals surface area contributed by atoms with Crippen LogP contribution in [-0.4, -0.2) is 55.3 Å². The van der Waals surface area contributed by atoms with E-state index in [4.69, 9.17) is 4.65 Å². The average molecular weight is 555 g/mol. The Labute approximate surface area is 221 Å². The van der Waals surface area contributed by atoms with Crippen molar-refractivity contribution in [1.82, 2.24) is 15.2 Å². The molecule has 13 nitrogen and oxygen atoms in total. The number of nitrogens with zero attached hydrogens (tertiary/aromatic N) is 1. The summed E-state index contributed by atoms with van der Waals surface area (Å²) in [4.78, 5) is 69.1. The van der Waals surface area contributed by atoms with Crippen LogP contribution in [0.3, 0.4) is 0 Å². The Morgan fingerprint density at radius 1 is 1.08 bits per heavy atom. The Morgan fingerprint density at radius 2 is 1.74 bits per heavy atom. The van der Waals surface area contributed by atoms with E-state index in [-0.39, 0.29) is 34.2 Å². The molecule has 4 rings (SSSR count). The van der Waals surface area contributed by atoms with Crippen molar-refractivity contribution in [1.29, 1.82) is 0 Å². The smallest absolute Gasteiger partial charge is 0.534 e. The molecule has 0 radical (unpaired) electrons. The molecule has 2 aromatic carbocycles. The Hall–Kier alpha value is -4.23. The molecular formula is C24H23BN3O10P. The number of pyridine rings is 1. The molecule has 0 saturated carbocycles. The van der Waals surface area contributed by atoms with Crippen molar-refractivity contribution in [3.8, 4) is 5.75 Å². The summed E-state index contributed by atoms with van der Waals surface area (Å²) in [6.45, 7) is 0. The van der Waals surface area contributed by atoms with Crippen LogP contribution in [0.5, 0.6) is 5.75 Å². The lowest BCUT2D eigenvalue weighted by Gasteiger charge is -2.30. The fourth-order valence-corrected chi connectivity index (χ4v) is 4.66. The Balaban J connectivity index is 1.63. The number of benzene rings is 2. The molecule has 0 bridgehead atoms. The van der Waals surface area contributed by atoms with E-state index in [9.17, 15) is 43.7 Å². The van der Waals surface area contributed by atoms with Gasteiger partial charge in [0.25, 0.3) is 11.5 Å². The number of aromatic carboxylic acids is 1. The Kier molecular flexibility index (Phi) is 7.75. The highest BCUT2D eigenvalue weighted by Gasteiger charge is 2.39. The highest BCUT2D eigenvalue weighted by Crippen LogP contribution is 2.33. The zero-order chi connectivity index (χ0) is 28.5. The molecule has 1 unspecified atom stereocenters. The monoisotopic (exact) mass is 555 g/mol. The number of carbonyl (C=O) groups excluding carboxylic acids is 2. The number of rotatable bonds is 7. The molecule has 15 heteroatoms. The van der Waals surface area contributed by atoms with Gasteiger partial charge in [-0.25, -0.2) is 4.79 Å². The predicted molar refractivity (Wildman–Crippen MR) is 138 cm³/mol. The van der Waals surface area contributed by atoms with Gasteiger partial charge in [0, 0.05) is 13.2 Å². The lowest BCUT2D eigenvalue weighted by atomic mass is 9.72. The van der Waals surface area contributed by atoms with Crippen molar-refractivity contribution < 1.29 is 43.5 Å². The van der Waals surface area contributed by atoms with Gasteiger partial charge in [-0.15, -0.1) is 0 Å². The van der Waals surface area contributed by atoms with E-state index in [0.717, 1.165) is 12.1 Å². The normalized spacial score (nSPS) is 15.5. The largest absolute Gasteiger partial charge is 0.547 e. The third kappa shape index (κ3) is 5.94. The number of aryl methyl sites for hydroxylation is 1. The number of hydrogen-bond donors (Lipinski definition) is 6. The molecule has 1 aliphatic rings. The maximum Gasteiger partial charge on any atom is 0.547 e.